The Kier molecular flexibility index (Phi) is 2.91. The second kappa shape index (κ2) is 4.35. The van der Waals surface area contributed by atoms with Gasteiger partial charge in [-0.15, -0.1) is 0 Å². The highest BCUT2D eigenvalue weighted by molar-refractivity contribution is 5.95. The van der Waals surface area contributed by atoms with Gasteiger partial charge >= 0.3 is 0 Å². The predicted octanol–water partition coefficient (Wildman–Crippen LogP) is 3.76. The molecule has 0 spiro atoms. The predicted molar refractivity (Wildman–Crippen MR) is 67.0 cm³/mol. The molecule has 0 unspecified atom stereocenters. The minimum absolute atomic E-state index is 0.902. The highest BCUT2D eigenvalue weighted by Crippen LogP contribution is 2.25. The van der Waals surface area contributed by atoms with Gasteiger partial charge in [-0.25, -0.2) is 0 Å². The Morgan fingerprint density at radius 3 is 2.53 bits per heavy atom. The Morgan fingerprint density at radius 2 is 1.80 bits per heavy atom. The van der Waals surface area contributed by atoms with Crippen LogP contribution in [0.5, 0.6) is 0 Å². The van der Waals surface area contributed by atoms with Gasteiger partial charge < -0.3 is 5.73 Å². The first-order chi connectivity index (χ1) is 7.33. The van der Waals surface area contributed by atoms with Gasteiger partial charge in [-0.1, -0.05) is 43.7 Å². The van der Waals surface area contributed by atoms with E-state index in [-0.39, 0.29) is 0 Å². The maximum Gasteiger partial charge on any atom is 0.0396 e. The Labute approximate surface area is 90.9 Å². The summed E-state index contributed by atoms with van der Waals surface area (Å²) >= 11 is 0. The highest BCUT2D eigenvalue weighted by atomic mass is 14.5. The van der Waals surface area contributed by atoms with Crippen LogP contribution >= 0.6 is 0 Å². The number of fused-ring (bicyclic) bond motifs is 1. The van der Waals surface area contributed by atoms with E-state index in [1.165, 1.54) is 29.2 Å². The van der Waals surface area contributed by atoms with Crippen molar-refractivity contribution in [2.75, 3.05) is 5.73 Å². The standard InChI is InChI=1S/C14H17N/c1-2-3-6-11-7-4-8-12-9-5-10-13(15)14(11)12/h4-5,7-10H,2-3,6,15H2,1H3. The first-order valence-corrected chi connectivity index (χ1v) is 5.59. The molecule has 2 N–H and O–H groups in total. The molecular formula is C14H17N. The van der Waals surface area contributed by atoms with Crippen molar-refractivity contribution in [1.29, 1.82) is 0 Å². The summed E-state index contributed by atoms with van der Waals surface area (Å²) < 4.78 is 0. The normalized spacial score (nSPS) is 10.7. The zero-order valence-corrected chi connectivity index (χ0v) is 9.16. The average Bonchev–Trinajstić information content (AvgIpc) is 2.26. The number of rotatable bonds is 3. The topological polar surface area (TPSA) is 26.0 Å². The zero-order chi connectivity index (χ0) is 10.7. The monoisotopic (exact) mass is 199 g/mol. The van der Waals surface area contributed by atoms with Crippen LogP contribution in [-0.2, 0) is 6.42 Å². The summed E-state index contributed by atoms with van der Waals surface area (Å²) in [6.45, 7) is 2.22. The molecule has 0 fully saturated rings. The van der Waals surface area contributed by atoms with Gasteiger partial charge in [-0.3, -0.25) is 0 Å². The molecule has 78 valence electrons. The fourth-order valence-electron chi connectivity index (χ4n) is 2.03. The molecule has 0 aliphatic carbocycles. The summed E-state index contributed by atoms with van der Waals surface area (Å²) in [6, 6.07) is 12.6. The highest BCUT2D eigenvalue weighted by Gasteiger charge is 2.02. The van der Waals surface area contributed by atoms with Gasteiger partial charge in [-0.2, -0.15) is 0 Å². The van der Waals surface area contributed by atoms with Gasteiger partial charge in [0.2, 0.25) is 0 Å². The average molecular weight is 199 g/mol. The SMILES string of the molecule is CCCCc1cccc2cccc(N)c12. The van der Waals surface area contributed by atoms with Crippen LogP contribution in [0.3, 0.4) is 0 Å². The van der Waals surface area contributed by atoms with E-state index in [1.807, 2.05) is 12.1 Å². The first-order valence-electron chi connectivity index (χ1n) is 5.59. The first kappa shape index (κ1) is 10.0. The van der Waals surface area contributed by atoms with Crippen molar-refractivity contribution in [2.45, 2.75) is 26.2 Å². The third-order valence-electron chi connectivity index (χ3n) is 2.82. The second-order valence-electron chi connectivity index (χ2n) is 3.97. The molecule has 0 saturated heterocycles. The molecule has 0 radical (unpaired) electrons. The van der Waals surface area contributed by atoms with Crippen LogP contribution in [0.25, 0.3) is 10.8 Å². The van der Waals surface area contributed by atoms with Crippen molar-refractivity contribution in [1.82, 2.24) is 0 Å². The maximum absolute atomic E-state index is 6.03. The van der Waals surface area contributed by atoms with Crippen LogP contribution in [-0.4, -0.2) is 0 Å². The van der Waals surface area contributed by atoms with E-state index in [9.17, 15) is 0 Å². The van der Waals surface area contributed by atoms with Crippen LogP contribution < -0.4 is 5.73 Å². The molecule has 0 aliphatic heterocycles. The van der Waals surface area contributed by atoms with Crippen LogP contribution in [0.15, 0.2) is 36.4 Å². The fraction of sp³-hybridized carbons (Fsp3) is 0.286. The Morgan fingerprint density at radius 1 is 1.07 bits per heavy atom. The summed E-state index contributed by atoms with van der Waals surface area (Å²) in [6.07, 6.45) is 3.58. The van der Waals surface area contributed by atoms with Gasteiger partial charge in [0, 0.05) is 11.1 Å². The number of nitrogens with two attached hydrogens (primary N) is 1. The number of aryl methyl sites for hydroxylation is 1. The Bertz CT molecular complexity index is 455. The molecule has 0 heterocycles. The quantitative estimate of drug-likeness (QED) is 0.748. The summed E-state index contributed by atoms with van der Waals surface area (Å²) in [7, 11) is 0. The lowest BCUT2D eigenvalue weighted by Crippen LogP contribution is -1.92. The second-order valence-corrected chi connectivity index (χ2v) is 3.97. The minimum Gasteiger partial charge on any atom is -0.398 e. The van der Waals surface area contributed by atoms with E-state index >= 15 is 0 Å². The van der Waals surface area contributed by atoms with Crippen molar-refractivity contribution in [3.05, 3.63) is 42.0 Å². The molecule has 0 aromatic heterocycles. The van der Waals surface area contributed by atoms with E-state index in [2.05, 4.69) is 31.2 Å². The van der Waals surface area contributed by atoms with Gasteiger partial charge in [0.25, 0.3) is 0 Å². The number of anilines is 1. The molecule has 0 saturated carbocycles. The molecular weight excluding hydrogens is 182 g/mol. The number of hydrogen-bond acceptors (Lipinski definition) is 1. The van der Waals surface area contributed by atoms with Crippen molar-refractivity contribution in [2.24, 2.45) is 0 Å². The van der Waals surface area contributed by atoms with Gasteiger partial charge in [0.1, 0.15) is 0 Å². The Balaban J connectivity index is 2.53. The number of unbranched alkanes of at least 4 members (excludes halogenated alkanes) is 1. The molecule has 2 aromatic rings. The van der Waals surface area contributed by atoms with Gasteiger partial charge in [0.05, 0.1) is 0 Å². The van der Waals surface area contributed by atoms with Crippen LogP contribution in [0.1, 0.15) is 25.3 Å². The van der Waals surface area contributed by atoms with E-state index in [0.29, 0.717) is 0 Å². The van der Waals surface area contributed by atoms with Gasteiger partial charge in [0.15, 0.2) is 0 Å². The molecule has 2 aromatic carbocycles. The molecule has 2 rings (SSSR count). The molecule has 1 heteroatoms. The van der Waals surface area contributed by atoms with E-state index < -0.39 is 0 Å². The van der Waals surface area contributed by atoms with E-state index in [0.717, 1.165) is 12.1 Å². The lowest BCUT2D eigenvalue weighted by atomic mass is 9.99. The molecule has 1 nitrogen and oxygen atoms in total. The van der Waals surface area contributed by atoms with Crippen molar-refractivity contribution in [3.63, 3.8) is 0 Å². The van der Waals surface area contributed by atoms with Crippen LogP contribution in [0.2, 0.25) is 0 Å². The molecule has 0 aliphatic rings. The lowest BCUT2D eigenvalue weighted by Gasteiger charge is -2.08. The summed E-state index contributed by atoms with van der Waals surface area (Å²) in [4.78, 5) is 0. The summed E-state index contributed by atoms with van der Waals surface area (Å²) in [5.74, 6) is 0. The van der Waals surface area contributed by atoms with Crippen molar-refractivity contribution in [3.8, 4) is 0 Å². The maximum atomic E-state index is 6.03. The third-order valence-corrected chi connectivity index (χ3v) is 2.82. The summed E-state index contributed by atoms with van der Waals surface area (Å²) in [5, 5.41) is 2.50. The van der Waals surface area contributed by atoms with Crippen molar-refractivity contribution >= 4 is 16.5 Å². The largest absolute Gasteiger partial charge is 0.398 e. The lowest BCUT2D eigenvalue weighted by molar-refractivity contribution is 0.799. The number of hydrogen-bond donors (Lipinski definition) is 1. The van der Waals surface area contributed by atoms with E-state index in [1.54, 1.807) is 0 Å². The third kappa shape index (κ3) is 1.96. The zero-order valence-electron chi connectivity index (χ0n) is 9.16. The molecule has 0 atom stereocenters. The van der Waals surface area contributed by atoms with Crippen LogP contribution in [0.4, 0.5) is 5.69 Å². The van der Waals surface area contributed by atoms with E-state index in [4.69, 9.17) is 5.73 Å². The molecule has 15 heavy (non-hydrogen) atoms. The molecule has 0 amide bonds. The summed E-state index contributed by atoms with van der Waals surface area (Å²) in [5.41, 5.74) is 8.31. The minimum atomic E-state index is 0.902. The number of nitrogen functional groups attached to an aromatic ring is 1. The Hall–Kier alpha value is -1.50. The molecule has 0 bridgehead atoms. The van der Waals surface area contributed by atoms with Gasteiger partial charge in [-0.05, 0) is 29.9 Å². The smallest absolute Gasteiger partial charge is 0.0396 e. The number of benzene rings is 2. The fourth-order valence-corrected chi connectivity index (χ4v) is 2.03. The van der Waals surface area contributed by atoms with Crippen LogP contribution in [0, 0.1) is 0 Å². The van der Waals surface area contributed by atoms with Crippen molar-refractivity contribution < 1.29 is 0 Å².